The summed E-state index contributed by atoms with van der Waals surface area (Å²) < 4.78 is 0. The van der Waals surface area contributed by atoms with Gasteiger partial charge in [0.1, 0.15) is 0 Å². The second-order valence-corrected chi connectivity index (χ2v) is 4.23. The zero-order chi connectivity index (χ0) is 12.5. The Labute approximate surface area is 104 Å². The van der Waals surface area contributed by atoms with Crippen LogP contribution in [0.3, 0.4) is 0 Å². The van der Waals surface area contributed by atoms with E-state index in [0.29, 0.717) is 0 Å². The van der Waals surface area contributed by atoms with E-state index in [4.69, 9.17) is 5.11 Å². The lowest BCUT2D eigenvalue weighted by atomic mass is 10.1. The highest BCUT2D eigenvalue weighted by atomic mass is 16.3. The average molecular weight is 237 g/mol. The molecule has 0 saturated carbocycles. The Kier molecular flexibility index (Phi) is 6.86. The van der Waals surface area contributed by atoms with E-state index in [0.717, 1.165) is 38.0 Å². The molecule has 0 spiro atoms. The lowest BCUT2D eigenvalue weighted by Crippen LogP contribution is -2.27. The molecule has 1 aromatic carbocycles. The van der Waals surface area contributed by atoms with Gasteiger partial charge in [0.2, 0.25) is 0 Å². The second kappa shape index (κ2) is 8.23. The zero-order valence-corrected chi connectivity index (χ0v) is 10.5. The molecular formula is C14H23NO2. The van der Waals surface area contributed by atoms with Gasteiger partial charge in [-0.2, -0.15) is 0 Å². The van der Waals surface area contributed by atoms with Gasteiger partial charge in [0.15, 0.2) is 0 Å². The van der Waals surface area contributed by atoms with Crippen molar-refractivity contribution in [1.29, 1.82) is 0 Å². The second-order valence-electron chi connectivity index (χ2n) is 4.23. The Balaban J connectivity index is 2.33. The minimum Gasteiger partial charge on any atom is -0.396 e. The maximum Gasteiger partial charge on any atom is 0.0802 e. The van der Waals surface area contributed by atoms with Crippen molar-refractivity contribution in [2.45, 2.75) is 25.9 Å². The largest absolute Gasteiger partial charge is 0.396 e. The molecule has 0 bridgehead atoms. The molecular weight excluding hydrogens is 214 g/mol. The molecule has 1 rings (SSSR count). The molecule has 0 aliphatic heterocycles. The van der Waals surface area contributed by atoms with Crippen molar-refractivity contribution in [3.8, 4) is 0 Å². The van der Waals surface area contributed by atoms with Crippen molar-refractivity contribution in [3.05, 3.63) is 35.9 Å². The first-order chi connectivity index (χ1) is 8.27. The van der Waals surface area contributed by atoms with Gasteiger partial charge < -0.3 is 15.1 Å². The molecule has 0 aliphatic carbocycles. The number of aliphatic hydroxyl groups excluding tert-OH is 2. The molecule has 96 valence electrons. The Bertz CT molecular complexity index is 290. The topological polar surface area (TPSA) is 43.7 Å². The SMILES string of the molecule is CCN(CCCO)CCC(O)c1ccccc1. The summed E-state index contributed by atoms with van der Waals surface area (Å²) in [7, 11) is 0. The van der Waals surface area contributed by atoms with E-state index in [9.17, 15) is 5.11 Å². The number of hydrogen-bond acceptors (Lipinski definition) is 3. The molecule has 0 aromatic heterocycles. The van der Waals surface area contributed by atoms with E-state index >= 15 is 0 Å². The third kappa shape index (κ3) is 5.31. The summed E-state index contributed by atoms with van der Waals surface area (Å²) in [6.07, 6.45) is 1.15. The molecule has 1 atom stereocenters. The normalized spacial score (nSPS) is 12.9. The number of aliphatic hydroxyl groups is 2. The van der Waals surface area contributed by atoms with Crippen LogP contribution in [0.5, 0.6) is 0 Å². The van der Waals surface area contributed by atoms with Crippen LogP contribution in [0.25, 0.3) is 0 Å². The molecule has 3 heteroatoms. The van der Waals surface area contributed by atoms with Crippen molar-refractivity contribution in [1.82, 2.24) is 4.90 Å². The third-order valence-corrected chi connectivity index (χ3v) is 2.98. The molecule has 0 heterocycles. The number of benzene rings is 1. The van der Waals surface area contributed by atoms with E-state index in [1.807, 2.05) is 30.3 Å². The van der Waals surface area contributed by atoms with Gasteiger partial charge in [-0.05, 0) is 24.9 Å². The standard InChI is InChI=1S/C14H23NO2/c1-2-15(10-6-12-16)11-9-14(17)13-7-4-3-5-8-13/h3-5,7-8,14,16-17H,2,6,9-12H2,1H3. The van der Waals surface area contributed by atoms with Gasteiger partial charge >= 0.3 is 0 Å². The summed E-state index contributed by atoms with van der Waals surface area (Å²) in [5, 5.41) is 18.8. The van der Waals surface area contributed by atoms with Gasteiger partial charge in [-0.1, -0.05) is 37.3 Å². The average Bonchev–Trinajstić information content (AvgIpc) is 2.39. The van der Waals surface area contributed by atoms with Crippen molar-refractivity contribution in [3.63, 3.8) is 0 Å². The van der Waals surface area contributed by atoms with Crippen LogP contribution >= 0.6 is 0 Å². The molecule has 1 unspecified atom stereocenters. The van der Waals surface area contributed by atoms with Crippen LogP contribution in [-0.4, -0.2) is 41.4 Å². The lowest BCUT2D eigenvalue weighted by molar-refractivity contribution is 0.140. The first-order valence-electron chi connectivity index (χ1n) is 6.34. The molecule has 0 radical (unpaired) electrons. The highest BCUT2D eigenvalue weighted by molar-refractivity contribution is 5.17. The highest BCUT2D eigenvalue weighted by Gasteiger charge is 2.09. The minimum absolute atomic E-state index is 0.234. The smallest absolute Gasteiger partial charge is 0.0802 e. The lowest BCUT2D eigenvalue weighted by Gasteiger charge is -2.21. The molecule has 0 fully saturated rings. The van der Waals surface area contributed by atoms with Crippen molar-refractivity contribution in [2.75, 3.05) is 26.2 Å². The molecule has 1 aromatic rings. The van der Waals surface area contributed by atoms with Crippen LogP contribution < -0.4 is 0 Å². The predicted octanol–water partition coefficient (Wildman–Crippen LogP) is 1.81. The van der Waals surface area contributed by atoms with Crippen LogP contribution in [-0.2, 0) is 0 Å². The van der Waals surface area contributed by atoms with Crippen molar-refractivity contribution in [2.24, 2.45) is 0 Å². The molecule has 17 heavy (non-hydrogen) atoms. The van der Waals surface area contributed by atoms with Gasteiger partial charge in [-0.15, -0.1) is 0 Å². The first kappa shape index (κ1) is 14.2. The quantitative estimate of drug-likeness (QED) is 0.725. The van der Waals surface area contributed by atoms with Gasteiger partial charge in [-0.25, -0.2) is 0 Å². The Morgan fingerprint density at radius 3 is 2.47 bits per heavy atom. The fraction of sp³-hybridized carbons (Fsp3) is 0.571. The van der Waals surface area contributed by atoms with E-state index in [1.165, 1.54) is 0 Å². The van der Waals surface area contributed by atoms with E-state index in [-0.39, 0.29) is 12.7 Å². The summed E-state index contributed by atoms with van der Waals surface area (Å²) in [6, 6.07) is 9.75. The molecule has 3 nitrogen and oxygen atoms in total. The number of hydrogen-bond donors (Lipinski definition) is 2. The Morgan fingerprint density at radius 2 is 1.88 bits per heavy atom. The fourth-order valence-corrected chi connectivity index (χ4v) is 1.87. The highest BCUT2D eigenvalue weighted by Crippen LogP contribution is 2.16. The van der Waals surface area contributed by atoms with Crippen LogP contribution in [0.4, 0.5) is 0 Å². The maximum atomic E-state index is 10.0. The predicted molar refractivity (Wildman–Crippen MR) is 69.8 cm³/mol. The Morgan fingerprint density at radius 1 is 1.18 bits per heavy atom. The monoisotopic (exact) mass is 237 g/mol. The number of nitrogens with zero attached hydrogens (tertiary/aromatic N) is 1. The van der Waals surface area contributed by atoms with Gasteiger partial charge in [0, 0.05) is 19.7 Å². The minimum atomic E-state index is -0.389. The van der Waals surface area contributed by atoms with Crippen LogP contribution in [0.1, 0.15) is 31.4 Å². The van der Waals surface area contributed by atoms with E-state index in [1.54, 1.807) is 0 Å². The fourth-order valence-electron chi connectivity index (χ4n) is 1.87. The molecule has 0 amide bonds. The summed E-state index contributed by atoms with van der Waals surface area (Å²) in [5.74, 6) is 0. The summed E-state index contributed by atoms with van der Waals surface area (Å²) >= 11 is 0. The van der Waals surface area contributed by atoms with E-state index < -0.39 is 0 Å². The summed E-state index contributed by atoms with van der Waals surface area (Å²) in [6.45, 7) is 5.06. The third-order valence-electron chi connectivity index (χ3n) is 2.98. The molecule has 0 saturated heterocycles. The van der Waals surface area contributed by atoms with Crippen LogP contribution in [0.2, 0.25) is 0 Å². The number of rotatable bonds is 8. The van der Waals surface area contributed by atoms with Crippen molar-refractivity contribution >= 4 is 0 Å². The van der Waals surface area contributed by atoms with Gasteiger partial charge in [0.05, 0.1) is 6.10 Å². The summed E-state index contributed by atoms with van der Waals surface area (Å²) in [4.78, 5) is 2.25. The van der Waals surface area contributed by atoms with Gasteiger partial charge in [-0.3, -0.25) is 0 Å². The summed E-state index contributed by atoms with van der Waals surface area (Å²) in [5.41, 5.74) is 0.978. The van der Waals surface area contributed by atoms with E-state index in [2.05, 4.69) is 11.8 Å². The van der Waals surface area contributed by atoms with Gasteiger partial charge in [0.25, 0.3) is 0 Å². The van der Waals surface area contributed by atoms with Crippen LogP contribution in [0.15, 0.2) is 30.3 Å². The zero-order valence-electron chi connectivity index (χ0n) is 10.5. The van der Waals surface area contributed by atoms with Crippen molar-refractivity contribution < 1.29 is 10.2 Å². The molecule has 0 aliphatic rings. The molecule has 2 N–H and O–H groups in total. The Hall–Kier alpha value is -0.900. The first-order valence-corrected chi connectivity index (χ1v) is 6.34. The maximum absolute atomic E-state index is 10.0. The van der Waals surface area contributed by atoms with Crippen LogP contribution in [0, 0.1) is 0 Å².